The summed E-state index contributed by atoms with van der Waals surface area (Å²) >= 11 is 0. The van der Waals surface area contributed by atoms with Crippen LogP contribution in [0.5, 0.6) is 0 Å². The molecule has 56 valence electrons. The van der Waals surface area contributed by atoms with E-state index in [2.05, 4.69) is 44.2 Å². The van der Waals surface area contributed by atoms with Gasteiger partial charge in [-0.1, -0.05) is 42.8 Å². The van der Waals surface area contributed by atoms with Crippen LogP contribution in [0.3, 0.4) is 0 Å². The third-order valence-electron chi connectivity index (χ3n) is 2.50. The largest absolute Gasteiger partial charge is 0.0697 e. The highest BCUT2D eigenvalue weighted by atomic mass is 14.1. The van der Waals surface area contributed by atoms with Crippen LogP contribution in [-0.4, -0.2) is 0 Å². The van der Waals surface area contributed by atoms with Gasteiger partial charge in [0, 0.05) is 0 Å². The molecule has 1 aromatic rings. The molecule has 11 heavy (non-hydrogen) atoms. The fourth-order valence-corrected chi connectivity index (χ4v) is 1.64. The van der Waals surface area contributed by atoms with E-state index in [1.54, 1.807) is 0 Å². The minimum Gasteiger partial charge on any atom is -0.0697 e. The third kappa shape index (κ3) is 0.900. The molecule has 0 bridgehead atoms. The first kappa shape index (κ1) is 6.66. The van der Waals surface area contributed by atoms with E-state index in [-0.39, 0.29) is 0 Å². The lowest BCUT2D eigenvalue weighted by Crippen LogP contribution is -2.21. The normalized spacial score (nSPS) is 21.3. The second-order valence-corrected chi connectivity index (χ2v) is 3.23. The van der Waals surface area contributed by atoms with Gasteiger partial charge in [-0.3, -0.25) is 0 Å². The topological polar surface area (TPSA) is 0 Å². The van der Waals surface area contributed by atoms with E-state index in [1.807, 2.05) is 0 Å². The molecule has 1 atom stereocenters. The average Bonchev–Trinajstić information content (AvgIpc) is 2.30. The van der Waals surface area contributed by atoms with Crippen molar-refractivity contribution in [2.24, 2.45) is 5.92 Å². The second kappa shape index (κ2) is 2.23. The van der Waals surface area contributed by atoms with Gasteiger partial charge in [-0.2, -0.15) is 0 Å². The highest BCUT2D eigenvalue weighted by molar-refractivity contribution is 5.60. The molecule has 1 aromatic carbocycles. The molecule has 1 unspecified atom stereocenters. The molecule has 0 aliphatic heterocycles. The Kier molecular flexibility index (Phi) is 1.35. The molecule has 0 aromatic heterocycles. The van der Waals surface area contributed by atoms with E-state index >= 15 is 0 Å². The Labute approximate surface area is 66.9 Å². The zero-order chi connectivity index (χ0) is 7.84. The van der Waals surface area contributed by atoms with E-state index in [0.29, 0.717) is 5.92 Å². The lowest BCUT2D eigenvalue weighted by molar-refractivity contribution is 1.02. The Morgan fingerprint density at radius 2 is 1.91 bits per heavy atom. The summed E-state index contributed by atoms with van der Waals surface area (Å²) in [7, 11) is 0. The zero-order valence-corrected chi connectivity index (χ0v) is 6.96. The molecule has 0 radical (unpaired) electrons. The number of hydrogen-bond donors (Lipinski definition) is 0. The number of hydrogen-bond acceptors (Lipinski definition) is 0. The van der Waals surface area contributed by atoms with Crippen LogP contribution in [0.25, 0.3) is 11.6 Å². The smallest absolute Gasteiger partial charge is 0.00360 e. The van der Waals surface area contributed by atoms with E-state index in [1.165, 1.54) is 16.0 Å². The van der Waals surface area contributed by atoms with Crippen LogP contribution < -0.4 is 10.4 Å². The van der Waals surface area contributed by atoms with Gasteiger partial charge in [0.25, 0.3) is 0 Å². The van der Waals surface area contributed by atoms with Crippen molar-refractivity contribution in [2.45, 2.75) is 13.8 Å². The molecule has 0 heterocycles. The number of fused-ring (bicyclic) bond motifs is 1. The van der Waals surface area contributed by atoms with Crippen LogP contribution in [0, 0.1) is 5.92 Å². The highest BCUT2D eigenvalue weighted by Crippen LogP contribution is 2.12. The van der Waals surface area contributed by atoms with E-state index in [9.17, 15) is 0 Å². The summed E-state index contributed by atoms with van der Waals surface area (Å²) in [5, 5.41) is 2.83. The third-order valence-corrected chi connectivity index (χ3v) is 2.50. The number of benzene rings is 1. The molecule has 0 saturated heterocycles. The van der Waals surface area contributed by atoms with Crippen LogP contribution in [0.4, 0.5) is 0 Å². The van der Waals surface area contributed by atoms with Gasteiger partial charge < -0.3 is 0 Å². The van der Waals surface area contributed by atoms with Crippen LogP contribution in [0.15, 0.2) is 24.3 Å². The summed E-state index contributed by atoms with van der Waals surface area (Å²) in [5.74, 6) is 0.632. The highest BCUT2D eigenvalue weighted by Gasteiger charge is 2.06. The minimum absolute atomic E-state index is 0.632. The molecule has 0 saturated carbocycles. The van der Waals surface area contributed by atoms with Crippen molar-refractivity contribution in [3.05, 3.63) is 34.7 Å². The molecule has 0 heteroatoms. The summed E-state index contributed by atoms with van der Waals surface area (Å²) in [6.45, 7) is 4.46. The van der Waals surface area contributed by atoms with Crippen molar-refractivity contribution < 1.29 is 0 Å². The van der Waals surface area contributed by atoms with Gasteiger partial charge in [-0.25, -0.2) is 0 Å². The van der Waals surface area contributed by atoms with Crippen molar-refractivity contribution in [1.82, 2.24) is 0 Å². The Bertz CT molecular complexity index is 385. The van der Waals surface area contributed by atoms with Crippen molar-refractivity contribution in [3.8, 4) is 0 Å². The fraction of sp³-hybridized carbons (Fsp3) is 0.273. The monoisotopic (exact) mass is 144 g/mol. The maximum Gasteiger partial charge on any atom is -0.00360 e. The maximum absolute atomic E-state index is 2.32. The van der Waals surface area contributed by atoms with Crippen molar-refractivity contribution in [2.75, 3.05) is 0 Å². The Balaban J connectivity index is 2.89. The predicted octanol–water partition coefficient (Wildman–Crippen LogP) is 1.29. The minimum atomic E-state index is 0.632. The van der Waals surface area contributed by atoms with Gasteiger partial charge >= 0.3 is 0 Å². The first-order chi connectivity index (χ1) is 5.29. The molecule has 1 aliphatic carbocycles. The van der Waals surface area contributed by atoms with E-state index in [0.717, 1.165) is 0 Å². The number of rotatable bonds is 0. The van der Waals surface area contributed by atoms with E-state index in [4.69, 9.17) is 0 Å². The molecule has 1 aliphatic rings. The SMILES string of the molecule is CC1=c2ccccc2=CC1C. The van der Waals surface area contributed by atoms with Crippen molar-refractivity contribution in [1.29, 1.82) is 0 Å². The van der Waals surface area contributed by atoms with Gasteiger partial charge in [0.1, 0.15) is 0 Å². The van der Waals surface area contributed by atoms with Gasteiger partial charge in [-0.15, -0.1) is 0 Å². The average molecular weight is 144 g/mol. The zero-order valence-electron chi connectivity index (χ0n) is 6.96. The van der Waals surface area contributed by atoms with Crippen molar-refractivity contribution in [3.63, 3.8) is 0 Å². The standard InChI is InChI=1S/C11H12/c1-8-7-10-5-3-4-6-11(10)9(8)2/h3-8H,1-2H3. The first-order valence-electron chi connectivity index (χ1n) is 4.07. The van der Waals surface area contributed by atoms with Gasteiger partial charge in [-0.05, 0) is 23.3 Å². The quantitative estimate of drug-likeness (QED) is 0.514. The van der Waals surface area contributed by atoms with Crippen molar-refractivity contribution >= 4 is 11.6 Å². The lowest BCUT2D eigenvalue weighted by atomic mass is 10.1. The molecule has 0 fully saturated rings. The Morgan fingerprint density at radius 3 is 2.64 bits per heavy atom. The molecule has 0 amide bonds. The van der Waals surface area contributed by atoms with Crippen LogP contribution in [-0.2, 0) is 0 Å². The molecular weight excluding hydrogens is 132 g/mol. The van der Waals surface area contributed by atoms with Gasteiger partial charge in [0.2, 0.25) is 0 Å². The van der Waals surface area contributed by atoms with Crippen LogP contribution in [0.1, 0.15) is 13.8 Å². The van der Waals surface area contributed by atoms with Gasteiger partial charge in [0.05, 0.1) is 0 Å². The molecular formula is C11H12. The molecule has 2 rings (SSSR count). The Morgan fingerprint density at radius 1 is 1.18 bits per heavy atom. The molecule has 0 nitrogen and oxygen atoms in total. The first-order valence-corrected chi connectivity index (χ1v) is 4.07. The maximum atomic E-state index is 2.32. The van der Waals surface area contributed by atoms with Crippen LogP contribution in [0.2, 0.25) is 0 Å². The summed E-state index contributed by atoms with van der Waals surface area (Å²) in [6.07, 6.45) is 2.32. The summed E-state index contributed by atoms with van der Waals surface area (Å²) in [4.78, 5) is 0. The van der Waals surface area contributed by atoms with E-state index < -0.39 is 0 Å². The predicted molar refractivity (Wildman–Crippen MR) is 48.4 cm³/mol. The van der Waals surface area contributed by atoms with Crippen LogP contribution >= 0.6 is 0 Å². The second-order valence-electron chi connectivity index (χ2n) is 3.23. The van der Waals surface area contributed by atoms with Gasteiger partial charge in [0.15, 0.2) is 0 Å². The summed E-state index contributed by atoms with van der Waals surface area (Å²) in [5.41, 5.74) is 1.50. The Hall–Kier alpha value is -1.04. The lowest BCUT2D eigenvalue weighted by Gasteiger charge is -1.98. The summed E-state index contributed by atoms with van der Waals surface area (Å²) in [6, 6.07) is 8.59. The molecule has 0 spiro atoms. The summed E-state index contributed by atoms with van der Waals surface area (Å²) < 4.78 is 0. The molecule has 0 N–H and O–H groups in total. The fourth-order valence-electron chi connectivity index (χ4n) is 1.64.